The summed E-state index contributed by atoms with van der Waals surface area (Å²) >= 11 is 0. The van der Waals surface area contributed by atoms with E-state index < -0.39 is 0 Å². The van der Waals surface area contributed by atoms with Crippen molar-refractivity contribution in [2.45, 2.75) is 25.3 Å². The molecule has 0 saturated heterocycles. The number of pyridine rings is 2. The molecule has 10 heteroatoms. The second-order valence-corrected chi connectivity index (χ2v) is 8.61. The molecule has 0 atom stereocenters. The van der Waals surface area contributed by atoms with Gasteiger partial charge in [-0.3, -0.25) is 29.5 Å². The third-order valence-electron chi connectivity index (χ3n) is 6.36. The lowest BCUT2D eigenvalue weighted by Gasteiger charge is -2.37. The minimum atomic E-state index is -0.325. The van der Waals surface area contributed by atoms with Gasteiger partial charge >= 0.3 is 0 Å². The Balaban J connectivity index is 1.46. The molecule has 0 radical (unpaired) electrons. The first-order chi connectivity index (χ1) is 17.0. The van der Waals surface area contributed by atoms with E-state index in [1.54, 1.807) is 35.2 Å². The van der Waals surface area contributed by atoms with Gasteiger partial charge in [0, 0.05) is 49.4 Å². The summed E-state index contributed by atoms with van der Waals surface area (Å²) in [4.78, 5) is 36.3. The Kier molecular flexibility index (Phi) is 5.86. The number of amides is 2. The lowest BCUT2D eigenvalue weighted by molar-refractivity contribution is -0.115. The molecule has 1 aliphatic carbocycles. The van der Waals surface area contributed by atoms with Gasteiger partial charge in [-0.2, -0.15) is 5.26 Å². The number of aromatic nitrogens is 2. The van der Waals surface area contributed by atoms with Crippen LogP contribution in [0.5, 0.6) is 0 Å². The number of fused-ring (bicyclic) bond motifs is 1. The van der Waals surface area contributed by atoms with E-state index in [2.05, 4.69) is 21.5 Å². The van der Waals surface area contributed by atoms with Crippen LogP contribution in [0, 0.1) is 11.3 Å². The summed E-state index contributed by atoms with van der Waals surface area (Å²) in [5.41, 5.74) is 7.08. The highest BCUT2D eigenvalue weighted by molar-refractivity contribution is 6.08. The average Bonchev–Trinajstić information content (AvgIpc) is 3.28. The molecule has 0 aromatic carbocycles. The minimum Gasteiger partial charge on any atom is -0.290 e. The van der Waals surface area contributed by atoms with Gasteiger partial charge in [-0.05, 0) is 55.7 Å². The SMILES string of the molecule is CN(N)C(=O)c1ccc(C2=C3C=C(C(=O)N(c4ccc(C#N)cn4)C4CCC4)C=CN3NC2)nc1. The smallest absolute Gasteiger partial charge is 0.269 e. The van der Waals surface area contributed by atoms with Crippen LogP contribution in [-0.2, 0) is 4.79 Å². The van der Waals surface area contributed by atoms with Gasteiger partial charge in [0.1, 0.15) is 11.9 Å². The van der Waals surface area contributed by atoms with Crippen LogP contribution < -0.4 is 16.2 Å². The molecule has 2 aromatic rings. The van der Waals surface area contributed by atoms with Crippen LogP contribution in [0.4, 0.5) is 5.82 Å². The Labute approximate surface area is 202 Å². The first-order valence-electron chi connectivity index (χ1n) is 11.3. The predicted molar refractivity (Wildman–Crippen MR) is 129 cm³/mol. The van der Waals surface area contributed by atoms with Gasteiger partial charge in [-0.1, -0.05) is 0 Å². The topological polar surface area (TPSA) is 131 Å². The number of carbonyl (C=O) groups is 2. The highest BCUT2D eigenvalue weighted by atomic mass is 16.2. The summed E-state index contributed by atoms with van der Waals surface area (Å²) in [6, 6.07) is 9.01. The number of hydrogen-bond donors (Lipinski definition) is 2. The van der Waals surface area contributed by atoms with Crippen molar-refractivity contribution in [3.05, 3.63) is 83.1 Å². The van der Waals surface area contributed by atoms with Crippen molar-refractivity contribution in [2.24, 2.45) is 5.84 Å². The molecule has 4 heterocycles. The number of nitrogens with one attached hydrogen (secondary N) is 1. The molecule has 3 aliphatic rings. The van der Waals surface area contributed by atoms with E-state index in [9.17, 15) is 9.59 Å². The van der Waals surface area contributed by atoms with Gasteiger partial charge in [-0.25, -0.2) is 16.3 Å². The van der Waals surface area contributed by atoms with E-state index >= 15 is 0 Å². The van der Waals surface area contributed by atoms with Crippen LogP contribution in [0.2, 0.25) is 0 Å². The Morgan fingerprint density at radius 3 is 2.60 bits per heavy atom. The summed E-state index contributed by atoms with van der Waals surface area (Å²) in [6.07, 6.45) is 11.3. The Morgan fingerprint density at radius 2 is 2.00 bits per heavy atom. The number of allylic oxidation sites excluding steroid dienone is 1. The van der Waals surface area contributed by atoms with Crippen molar-refractivity contribution in [3.8, 4) is 6.07 Å². The fourth-order valence-corrected chi connectivity index (χ4v) is 4.22. The summed E-state index contributed by atoms with van der Waals surface area (Å²) in [5, 5.41) is 12.0. The highest BCUT2D eigenvalue weighted by Gasteiger charge is 2.34. The lowest BCUT2D eigenvalue weighted by Crippen LogP contribution is -2.45. The number of nitriles is 1. The number of rotatable bonds is 5. The maximum absolute atomic E-state index is 13.7. The molecule has 176 valence electrons. The molecule has 5 rings (SSSR count). The second kappa shape index (κ2) is 9.13. The first kappa shape index (κ1) is 22.5. The molecular weight excluding hydrogens is 444 g/mol. The van der Waals surface area contributed by atoms with E-state index in [4.69, 9.17) is 11.1 Å². The molecule has 1 fully saturated rings. The zero-order valence-corrected chi connectivity index (χ0v) is 19.2. The molecule has 0 unspecified atom stereocenters. The van der Waals surface area contributed by atoms with Crippen LogP contribution in [-0.4, -0.2) is 51.4 Å². The third kappa shape index (κ3) is 4.19. The van der Waals surface area contributed by atoms with Gasteiger partial charge < -0.3 is 0 Å². The zero-order valence-electron chi connectivity index (χ0n) is 19.2. The number of carbonyl (C=O) groups excluding carboxylic acids is 2. The fourth-order valence-electron chi connectivity index (χ4n) is 4.22. The van der Waals surface area contributed by atoms with Gasteiger partial charge in [0.05, 0.1) is 22.5 Å². The average molecular weight is 469 g/mol. The summed E-state index contributed by atoms with van der Waals surface area (Å²) < 4.78 is 0. The molecule has 3 N–H and O–H groups in total. The van der Waals surface area contributed by atoms with Gasteiger partial charge in [-0.15, -0.1) is 0 Å². The minimum absolute atomic E-state index is 0.0813. The van der Waals surface area contributed by atoms with E-state index in [1.807, 2.05) is 17.3 Å². The predicted octanol–water partition coefficient (Wildman–Crippen LogP) is 1.86. The molecule has 35 heavy (non-hydrogen) atoms. The number of hydrazine groups is 2. The van der Waals surface area contributed by atoms with Crippen molar-refractivity contribution < 1.29 is 9.59 Å². The highest BCUT2D eigenvalue weighted by Crippen LogP contribution is 2.33. The Hall–Kier alpha value is -4.33. The Morgan fingerprint density at radius 1 is 1.17 bits per heavy atom. The first-order valence-corrected chi connectivity index (χ1v) is 11.3. The third-order valence-corrected chi connectivity index (χ3v) is 6.36. The van der Waals surface area contributed by atoms with Crippen molar-refractivity contribution in [1.29, 1.82) is 5.26 Å². The molecule has 10 nitrogen and oxygen atoms in total. The monoisotopic (exact) mass is 468 g/mol. The number of nitrogens with zero attached hydrogens (tertiary/aromatic N) is 6. The van der Waals surface area contributed by atoms with Gasteiger partial charge in [0.2, 0.25) is 0 Å². The van der Waals surface area contributed by atoms with Crippen molar-refractivity contribution in [3.63, 3.8) is 0 Å². The van der Waals surface area contributed by atoms with Crippen molar-refractivity contribution in [2.75, 3.05) is 18.5 Å². The fraction of sp³-hybridized carbons (Fsp3) is 0.240. The maximum Gasteiger partial charge on any atom is 0.269 e. The summed E-state index contributed by atoms with van der Waals surface area (Å²) in [5.74, 6) is 5.62. The number of hydrogen-bond acceptors (Lipinski definition) is 8. The summed E-state index contributed by atoms with van der Waals surface area (Å²) in [6.45, 7) is 0.526. The van der Waals surface area contributed by atoms with Crippen LogP contribution >= 0.6 is 0 Å². The maximum atomic E-state index is 13.7. The van der Waals surface area contributed by atoms with E-state index in [1.165, 1.54) is 19.4 Å². The van der Waals surface area contributed by atoms with Crippen LogP contribution in [0.15, 0.2) is 66.3 Å². The standard InChI is InChI=1S/C25H24N8O2/c1-31(27)24(34)18-6-7-21(28-14-18)20-15-30-32-10-9-17(11-22(20)32)25(35)33(19-3-2-4-19)23-8-5-16(12-26)13-29-23/h5-11,13-14,19,30H,2-4,15,27H2,1H3. The van der Waals surface area contributed by atoms with E-state index in [-0.39, 0.29) is 17.9 Å². The van der Waals surface area contributed by atoms with Crippen LogP contribution in [0.3, 0.4) is 0 Å². The molecule has 2 aromatic heterocycles. The van der Waals surface area contributed by atoms with Crippen molar-refractivity contribution >= 4 is 23.2 Å². The zero-order chi connectivity index (χ0) is 24.5. The van der Waals surface area contributed by atoms with E-state index in [0.717, 1.165) is 35.5 Å². The molecule has 2 aliphatic heterocycles. The van der Waals surface area contributed by atoms with Gasteiger partial charge in [0.15, 0.2) is 0 Å². The normalized spacial score (nSPS) is 16.8. The second-order valence-electron chi connectivity index (χ2n) is 8.61. The largest absolute Gasteiger partial charge is 0.290 e. The van der Waals surface area contributed by atoms with Crippen LogP contribution in [0.1, 0.15) is 40.9 Å². The van der Waals surface area contributed by atoms with E-state index in [0.29, 0.717) is 34.8 Å². The quantitative estimate of drug-likeness (QED) is 0.386. The van der Waals surface area contributed by atoms with Crippen molar-refractivity contribution in [1.82, 2.24) is 25.4 Å². The van der Waals surface area contributed by atoms with Gasteiger partial charge in [0.25, 0.3) is 11.8 Å². The number of anilines is 1. The molecule has 0 spiro atoms. The molecule has 1 saturated carbocycles. The lowest BCUT2D eigenvalue weighted by atomic mass is 9.90. The van der Waals surface area contributed by atoms with Crippen LogP contribution in [0.25, 0.3) is 5.57 Å². The summed E-state index contributed by atoms with van der Waals surface area (Å²) in [7, 11) is 1.48. The molecular formula is C25H24N8O2. The number of nitrogens with two attached hydrogens (primary N) is 1. The molecule has 0 bridgehead atoms. The Bertz CT molecular complexity index is 1300. The molecule has 2 amide bonds.